The molecule has 1 amide bonds. The van der Waals surface area contributed by atoms with E-state index in [0.29, 0.717) is 24.5 Å². The minimum Gasteiger partial charge on any atom is -0.466 e. The van der Waals surface area contributed by atoms with Crippen LogP contribution in [-0.2, 0) is 33.3 Å². The fourth-order valence-corrected chi connectivity index (χ4v) is 9.63. The number of nitrogens with zero attached hydrogens (tertiary/aromatic N) is 2. The second kappa shape index (κ2) is 14.2. The van der Waals surface area contributed by atoms with Crippen LogP contribution in [0.5, 0.6) is 0 Å². The van der Waals surface area contributed by atoms with Gasteiger partial charge in [0.25, 0.3) is 5.91 Å². The number of fused-ring (bicyclic) bond motifs is 5. The van der Waals surface area contributed by atoms with Gasteiger partial charge in [-0.25, -0.2) is 4.39 Å². The van der Waals surface area contributed by atoms with Crippen molar-refractivity contribution < 1.29 is 37.7 Å². The number of alkyl halides is 1. The highest BCUT2D eigenvalue weighted by atomic mass is 19.1. The van der Waals surface area contributed by atoms with Gasteiger partial charge in [0, 0.05) is 31.8 Å². The van der Waals surface area contributed by atoms with Crippen molar-refractivity contribution in [3.63, 3.8) is 0 Å². The molecule has 0 radical (unpaired) electrons. The van der Waals surface area contributed by atoms with Crippen LogP contribution in [0.1, 0.15) is 64.7 Å². The van der Waals surface area contributed by atoms with Gasteiger partial charge in [-0.3, -0.25) is 19.3 Å². The fourth-order valence-electron chi connectivity index (χ4n) is 9.63. The number of ketones is 1. The van der Waals surface area contributed by atoms with Gasteiger partial charge < -0.3 is 34.5 Å². The predicted octanol–water partition coefficient (Wildman–Crippen LogP) is 1.74. The van der Waals surface area contributed by atoms with Crippen molar-refractivity contribution in [3.8, 4) is 0 Å². The smallest absolute Gasteiger partial charge is 0.307 e. The summed E-state index contributed by atoms with van der Waals surface area (Å²) in [6.45, 7) is 6.99. The van der Waals surface area contributed by atoms with Gasteiger partial charge in [0.05, 0.1) is 74.4 Å². The van der Waals surface area contributed by atoms with E-state index in [0.717, 1.165) is 58.5 Å². The molecule has 0 aromatic carbocycles. The number of amides is 1. The quantitative estimate of drug-likeness (QED) is 0.207. The monoisotopic (exact) mass is 646 g/mol. The van der Waals surface area contributed by atoms with Gasteiger partial charge in [-0.15, -0.1) is 0 Å². The molecule has 3 saturated heterocycles. The van der Waals surface area contributed by atoms with Gasteiger partial charge in [0.2, 0.25) is 0 Å². The van der Waals surface area contributed by atoms with Crippen molar-refractivity contribution in [1.29, 1.82) is 0 Å². The van der Waals surface area contributed by atoms with Crippen molar-refractivity contribution in [2.75, 3.05) is 52.5 Å². The molecule has 2 N–H and O–H groups in total. The van der Waals surface area contributed by atoms with Gasteiger partial charge in [-0.05, 0) is 70.4 Å². The Morgan fingerprint density at radius 2 is 1.85 bits per heavy atom. The van der Waals surface area contributed by atoms with E-state index in [4.69, 9.17) is 18.9 Å². The first kappa shape index (κ1) is 32.4. The van der Waals surface area contributed by atoms with E-state index in [1.165, 1.54) is 19.3 Å². The van der Waals surface area contributed by atoms with Crippen LogP contribution in [0.4, 0.5) is 4.39 Å². The molecule has 256 valence electrons. The van der Waals surface area contributed by atoms with Crippen LogP contribution in [-0.4, -0.2) is 129 Å². The highest BCUT2D eigenvalue weighted by molar-refractivity contribution is 6.20. The summed E-state index contributed by atoms with van der Waals surface area (Å²) in [5, 5.41) is 6.26. The summed E-state index contributed by atoms with van der Waals surface area (Å²) in [5.41, 5.74) is 0.0387. The molecule has 7 rings (SSSR count). The Morgan fingerprint density at radius 3 is 2.67 bits per heavy atom. The van der Waals surface area contributed by atoms with Crippen LogP contribution in [0.2, 0.25) is 0 Å². The van der Waals surface area contributed by atoms with Crippen molar-refractivity contribution in [3.05, 3.63) is 11.8 Å². The molecular weight excluding hydrogens is 595 g/mol. The summed E-state index contributed by atoms with van der Waals surface area (Å²) in [5.74, 6) is -0.995. The second-order valence-electron chi connectivity index (χ2n) is 14.3. The average Bonchev–Trinajstić information content (AvgIpc) is 3.42. The maximum atomic E-state index is 16.2. The first-order valence-corrected chi connectivity index (χ1v) is 17.9. The Hall–Kier alpha value is -2.12. The lowest BCUT2D eigenvalue weighted by atomic mass is 9.67. The van der Waals surface area contributed by atoms with Crippen molar-refractivity contribution in [1.82, 2.24) is 20.4 Å². The summed E-state index contributed by atoms with van der Waals surface area (Å²) in [6, 6.07) is -0.942. The summed E-state index contributed by atoms with van der Waals surface area (Å²) >= 11 is 0. The van der Waals surface area contributed by atoms with Gasteiger partial charge in [-0.1, -0.05) is 12.8 Å². The first-order chi connectivity index (χ1) is 22.4. The lowest BCUT2D eigenvalue weighted by Crippen LogP contribution is -2.73. The van der Waals surface area contributed by atoms with Crippen molar-refractivity contribution in [2.45, 2.75) is 113 Å². The van der Waals surface area contributed by atoms with Crippen molar-refractivity contribution >= 4 is 17.7 Å². The number of ether oxygens (including phenoxy) is 4. The molecule has 11 atom stereocenters. The number of morpholine rings is 2. The fraction of sp³-hybridized carbons (Fsp3) is 0.853. The number of rotatable bonds is 10. The number of hydrogen-bond donors (Lipinski definition) is 2. The second-order valence-corrected chi connectivity index (χ2v) is 14.3. The van der Waals surface area contributed by atoms with E-state index in [2.05, 4.69) is 20.4 Å². The third-order valence-corrected chi connectivity index (χ3v) is 11.7. The molecule has 0 aromatic rings. The number of esters is 1. The number of carbonyl (C=O) groups is 3. The summed E-state index contributed by atoms with van der Waals surface area (Å²) in [6.07, 6.45) is 7.55. The molecule has 46 heavy (non-hydrogen) atoms. The van der Waals surface area contributed by atoms with Crippen molar-refractivity contribution in [2.24, 2.45) is 17.8 Å². The number of hydrogen-bond acceptors (Lipinski definition) is 10. The molecule has 11 nitrogen and oxygen atoms in total. The molecule has 4 heterocycles. The van der Waals surface area contributed by atoms with E-state index >= 15 is 4.39 Å². The van der Waals surface area contributed by atoms with Gasteiger partial charge >= 0.3 is 5.97 Å². The highest BCUT2D eigenvalue weighted by Gasteiger charge is 2.61. The molecule has 0 aromatic heterocycles. The van der Waals surface area contributed by atoms with E-state index in [1.807, 2.05) is 0 Å². The molecule has 11 unspecified atom stereocenters. The standard InChI is InChI=1S/C34H51FN4O7/c1-2-44-29(40)8-10-37-34(42)23-19-39-25-18-27-21(20-6-3-4-7-26(20)45-27)17-28(25)46-33-30(24(35)16-22(31(33)39)32(23)41)36-9-5-11-38-12-14-43-15-13-38/h19-22,24-28,30-31,33,36H,2-18H2,1H3,(H,37,42). The number of halogens is 1. The Kier molecular flexibility index (Phi) is 9.98. The van der Waals surface area contributed by atoms with Crippen LogP contribution in [0.25, 0.3) is 0 Å². The molecule has 0 bridgehead atoms. The minimum absolute atomic E-state index is 0.0195. The average molecular weight is 647 g/mol. The normalized spacial score (nSPS) is 40.2. The van der Waals surface area contributed by atoms with E-state index in [9.17, 15) is 14.4 Å². The Morgan fingerprint density at radius 1 is 1.02 bits per heavy atom. The Labute approximate surface area is 271 Å². The topological polar surface area (TPSA) is 119 Å². The van der Waals surface area contributed by atoms with Gasteiger partial charge in [0.1, 0.15) is 6.17 Å². The Bertz CT molecular complexity index is 1170. The Balaban J connectivity index is 1.11. The number of carbonyl (C=O) groups excluding carboxylic acids is 3. The van der Waals surface area contributed by atoms with Crippen LogP contribution in [0.3, 0.4) is 0 Å². The first-order valence-electron chi connectivity index (χ1n) is 17.9. The SMILES string of the molecule is CCOC(=O)CCNC(=O)C1=CN2C3CC4OC5CCCCC5C4CC3OC3C(NCCCN4CCOCC4)C(F)CC(C1=O)C32. The van der Waals surface area contributed by atoms with Gasteiger partial charge in [0.15, 0.2) is 5.78 Å². The van der Waals surface area contributed by atoms with Crippen LogP contribution in [0.15, 0.2) is 11.8 Å². The molecule has 3 aliphatic carbocycles. The number of Topliss-reactive ketones (excluding diaryl/α,β-unsaturated/α-hetero) is 1. The summed E-state index contributed by atoms with van der Waals surface area (Å²) in [7, 11) is 0. The zero-order valence-electron chi connectivity index (χ0n) is 27.1. The third-order valence-electron chi connectivity index (χ3n) is 11.7. The largest absolute Gasteiger partial charge is 0.466 e. The molecule has 12 heteroatoms. The van der Waals surface area contributed by atoms with Crippen LogP contribution in [0, 0.1) is 17.8 Å². The molecule has 7 aliphatic rings. The van der Waals surface area contributed by atoms with E-state index in [-0.39, 0.29) is 61.6 Å². The maximum absolute atomic E-state index is 16.2. The summed E-state index contributed by atoms with van der Waals surface area (Å²) < 4.78 is 40.2. The number of nitrogens with one attached hydrogen (secondary N) is 2. The zero-order chi connectivity index (χ0) is 31.8. The van der Waals surface area contributed by atoms with E-state index in [1.54, 1.807) is 13.1 Å². The minimum atomic E-state index is -1.28. The summed E-state index contributed by atoms with van der Waals surface area (Å²) in [4.78, 5) is 43.7. The molecule has 0 spiro atoms. The predicted molar refractivity (Wildman–Crippen MR) is 165 cm³/mol. The van der Waals surface area contributed by atoms with Gasteiger partial charge in [-0.2, -0.15) is 0 Å². The third kappa shape index (κ3) is 6.36. The van der Waals surface area contributed by atoms with Crippen LogP contribution < -0.4 is 10.6 Å². The molecule has 3 saturated carbocycles. The van der Waals surface area contributed by atoms with E-state index < -0.39 is 36.1 Å². The van der Waals surface area contributed by atoms with Crippen LogP contribution >= 0.6 is 0 Å². The maximum Gasteiger partial charge on any atom is 0.307 e. The molecular formula is C34H51FN4O7. The molecule has 6 fully saturated rings. The molecule has 4 aliphatic heterocycles. The zero-order valence-corrected chi connectivity index (χ0v) is 27.1. The highest BCUT2D eigenvalue weighted by Crippen LogP contribution is 2.52. The lowest BCUT2D eigenvalue weighted by Gasteiger charge is -2.60. The lowest BCUT2D eigenvalue weighted by molar-refractivity contribution is -0.209.